The molecule has 1 aromatic heterocycles. The second kappa shape index (κ2) is 3.36. The van der Waals surface area contributed by atoms with Crippen LogP contribution in [0.5, 0.6) is 0 Å². The Hall–Kier alpha value is -1.36. The zero-order valence-corrected chi connectivity index (χ0v) is 6.61. The molecule has 1 aromatic rings. The lowest BCUT2D eigenvalue weighted by atomic mass is 10.1. The number of aliphatic hydroxyl groups is 1. The van der Waals surface area contributed by atoms with Gasteiger partial charge in [0.2, 0.25) is 0 Å². The number of nitrogens with zero attached hydrogens (tertiary/aromatic N) is 1. The molecule has 5 nitrogen and oxygen atoms in total. The van der Waals surface area contributed by atoms with Crippen molar-refractivity contribution >= 4 is 5.97 Å². The van der Waals surface area contributed by atoms with Crippen molar-refractivity contribution in [3.05, 3.63) is 17.5 Å². The lowest BCUT2D eigenvalue weighted by molar-refractivity contribution is 0.0690. The third-order valence-corrected chi connectivity index (χ3v) is 1.62. The lowest BCUT2D eigenvalue weighted by Gasteiger charge is -2.01. The highest BCUT2D eigenvalue weighted by Gasteiger charge is 2.11. The Morgan fingerprint density at radius 2 is 2.50 bits per heavy atom. The van der Waals surface area contributed by atoms with Crippen LogP contribution in [-0.2, 0) is 0 Å². The van der Waals surface area contributed by atoms with Crippen LogP contribution in [0.4, 0.5) is 0 Å². The van der Waals surface area contributed by atoms with Crippen LogP contribution in [0.2, 0.25) is 0 Å². The van der Waals surface area contributed by atoms with Crippen molar-refractivity contribution in [2.24, 2.45) is 0 Å². The van der Waals surface area contributed by atoms with Gasteiger partial charge < -0.3 is 10.2 Å². The van der Waals surface area contributed by atoms with Gasteiger partial charge in [-0.15, -0.1) is 0 Å². The summed E-state index contributed by atoms with van der Waals surface area (Å²) < 4.78 is 0. The highest BCUT2D eigenvalue weighted by molar-refractivity contribution is 5.85. The lowest BCUT2D eigenvalue weighted by Crippen LogP contribution is -1.98. The van der Waals surface area contributed by atoms with Gasteiger partial charge in [0.15, 0.2) is 5.69 Å². The average Bonchev–Trinajstić information content (AvgIpc) is 2.51. The Bertz CT molecular complexity index is 282. The molecule has 1 atom stereocenters. The van der Waals surface area contributed by atoms with Crippen LogP contribution >= 0.6 is 0 Å². The largest absolute Gasteiger partial charge is 0.476 e. The molecule has 3 N–H and O–H groups in total. The van der Waals surface area contributed by atoms with Crippen molar-refractivity contribution in [1.29, 1.82) is 0 Å². The first kappa shape index (κ1) is 8.73. The standard InChI is InChI=1S/C7H10N2O3/c1-4(3-10)5-2-6(7(11)12)9-8-5/h2,4,10H,3H2,1H3,(H,8,9)(H,11,12). The molecule has 1 heterocycles. The normalized spacial score (nSPS) is 12.8. The third kappa shape index (κ3) is 1.62. The summed E-state index contributed by atoms with van der Waals surface area (Å²) in [4.78, 5) is 10.4. The summed E-state index contributed by atoms with van der Waals surface area (Å²) in [6.07, 6.45) is 0. The molecule has 0 aliphatic rings. The highest BCUT2D eigenvalue weighted by atomic mass is 16.4. The molecule has 0 amide bonds. The fourth-order valence-corrected chi connectivity index (χ4v) is 0.797. The van der Waals surface area contributed by atoms with Gasteiger partial charge in [0, 0.05) is 11.6 Å². The maximum absolute atomic E-state index is 10.4. The summed E-state index contributed by atoms with van der Waals surface area (Å²) in [6, 6.07) is 1.42. The molecule has 0 radical (unpaired) electrons. The van der Waals surface area contributed by atoms with E-state index in [9.17, 15) is 4.79 Å². The number of rotatable bonds is 3. The van der Waals surface area contributed by atoms with Gasteiger partial charge in [-0.05, 0) is 6.07 Å². The monoisotopic (exact) mass is 170 g/mol. The minimum Gasteiger partial charge on any atom is -0.476 e. The summed E-state index contributed by atoms with van der Waals surface area (Å²) in [6.45, 7) is 1.75. The summed E-state index contributed by atoms with van der Waals surface area (Å²) in [5.41, 5.74) is 0.611. The number of hydrogen-bond donors (Lipinski definition) is 3. The molecule has 0 aliphatic heterocycles. The Kier molecular flexibility index (Phi) is 2.44. The van der Waals surface area contributed by atoms with E-state index in [0.29, 0.717) is 5.69 Å². The third-order valence-electron chi connectivity index (χ3n) is 1.62. The van der Waals surface area contributed by atoms with E-state index in [1.807, 2.05) is 0 Å². The van der Waals surface area contributed by atoms with E-state index in [-0.39, 0.29) is 18.2 Å². The predicted octanol–water partition coefficient (Wildman–Crippen LogP) is 0.204. The minimum atomic E-state index is -1.07. The van der Waals surface area contributed by atoms with Gasteiger partial charge in [0.25, 0.3) is 0 Å². The highest BCUT2D eigenvalue weighted by Crippen LogP contribution is 2.11. The van der Waals surface area contributed by atoms with Crippen LogP contribution in [0.15, 0.2) is 6.07 Å². The smallest absolute Gasteiger partial charge is 0.356 e. The zero-order valence-electron chi connectivity index (χ0n) is 6.61. The van der Waals surface area contributed by atoms with Gasteiger partial charge in [-0.3, -0.25) is 5.10 Å². The molecule has 0 bridgehead atoms. The van der Waals surface area contributed by atoms with Crippen LogP contribution < -0.4 is 0 Å². The van der Waals surface area contributed by atoms with Crippen LogP contribution in [0, 0.1) is 0 Å². The first-order valence-electron chi connectivity index (χ1n) is 3.54. The molecule has 0 saturated carbocycles. The zero-order chi connectivity index (χ0) is 9.14. The molecule has 12 heavy (non-hydrogen) atoms. The number of H-pyrrole nitrogens is 1. The number of hydrogen-bond acceptors (Lipinski definition) is 3. The molecule has 0 fully saturated rings. The minimum absolute atomic E-state index is 0.0229. The Morgan fingerprint density at radius 3 is 2.92 bits per heavy atom. The number of carbonyl (C=O) groups is 1. The van der Waals surface area contributed by atoms with Crippen LogP contribution in [-0.4, -0.2) is 33.0 Å². The first-order chi connectivity index (χ1) is 5.65. The van der Waals surface area contributed by atoms with Gasteiger partial charge in [-0.2, -0.15) is 5.10 Å². The summed E-state index contributed by atoms with van der Waals surface area (Å²) in [7, 11) is 0. The van der Waals surface area contributed by atoms with Gasteiger partial charge in [-0.25, -0.2) is 4.79 Å². The van der Waals surface area contributed by atoms with E-state index in [1.165, 1.54) is 6.07 Å². The van der Waals surface area contributed by atoms with E-state index in [4.69, 9.17) is 10.2 Å². The van der Waals surface area contributed by atoms with Gasteiger partial charge in [0.1, 0.15) is 0 Å². The van der Waals surface area contributed by atoms with Gasteiger partial charge in [0.05, 0.1) is 6.61 Å². The molecule has 0 aliphatic carbocycles. The molecule has 66 valence electrons. The van der Waals surface area contributed by atoms with Crippen LogP contribution in [0.25, 0.3) is 0 Å². The van der Waals surface area contributed by atoms with Crippen molar-refractivity contribution in [1.82, 2.24) is 10.2 Å². The molecule has 0 aromatic carbocycles. The average molecular weight is 170 g/mol. The van der Waals surface area contributed by atoms with Crippen LogP contribution in [0.3, 0.4) is 0 Å². The number of carboxylic acid groups (broad SMARTS) is 1. The maximum Gasteiger partial charge on any atom is 0.356 e. The molecular weight excluding hydrogens is 160 g/mol. The Morgan fingerprint density at radius 1 is 1.83 bits per heavy atom. The molecule has 1 unspecified atom stereocenters. The van der Waals surface area contributed by atoms with E-state index < -0.39 is 5.97 Å². The topological polar surface area (TPSA) is 86.2 Å². The maximum atomic E-state index is 10.4. The molecular formula is C7H10N2O3. The number of carboxylic acids is 1. The van der Waals surface area contributed by atoms with Crippen molar-refractivity contribution < 1.29 is 15.0 Å². The summed E-state index contributed by atoms with van der Waals surface area (Å²) in [5, 5.41) is 23.3. The Balaban J connectivity index is 2.84. The van der Waals surface area contributed by atoms with Crippen LogP contribution in [0.1, 0.15) is 29.0 Å². The second-order valence-corrected chi connectivity index (χ2v) is 2.60. The molecule has 1 rings (SSSR count). The fourth-order valence-electron chi connectivity index (χ4n) is 0.797. The number of aromatic amines is 1. The Labute approximate surface area is 69.0 Å². The van der Waals surface area contributed by atoms with Crippen molar-refractivity contribution in [2.75, 3.05) is 6.61 Å². The number of aromatic carboxylic acids is 1. The molecule has 0 saturated heterocycles. The molecule has 0 spiro atoms. The quantitative estimate of drug-likeness (QED) is 0.605. The molecule has 5 heteroatoms. The first-order valence-corrected chi connectivity index (χ1v) is 3.54. The number of nitrogens with one attached hydrogen (secondary N) is 1. The van der Waals surface area contributed by atoms with Crippen molar-refractivity contribution in [3.8, 4) is 0 Å². The predicted molar refractivity (Wildman–Crippen MR) is 41.0 cm³/mol. The van der Waals surface area contributed by atoms with E-state index in [2.05, 4.69) is 10.2 Å². The van der Waals surface area contributed by atoms with Gasteiger partial charge >= 0.3 is 5.97 Å². The van der Waals surface area contributed by atoms with E-state index in [0.717, 1.165) is 0 Å². The van der Waals surface area contributed by atoms with Crippen molar-refractivity contribution in [3.63, 3.8) is 0 Å². The fraction of sp³-hybridized carbons (Fsp3) is 0.429. The van der Waals surface area contributed by atoms with Crippen molar-refractivity contribution in [2.45, 2.75) is 12.8 Å². The van der Waals surface area contributed by atoms with E-state index >= 15 is 0 Å². The number of aromatic nitrogens is 2. The SMILES string of the molecule is CC(CO)c1cc(C(=O)O)n[nH]1. The number of aliphatic hydroxyl groups excluding tert-OH is 1. The van der Waals surface area contributed by atoms with Gasteiger partial charge in [-0.1, -0.05) is 6.92 Å². The van der Waals surface area contributed by atoms with E-state index in [1.54, 1.807) is 6.92 Å². The summed E-state index contributed by atoms with van der Waals surface area (Å²) >= 11 is 0. The summed E-state index contributed by atoms with van der Waals surface area (Å²) in [5.74, 6) is -1.17. The second-order valence-electron chi connectivity index (χ2n) is 2.60.